The van der Waals surface area contributed by atoms with Gasteiger partial charge in [0.2, 0.25) is 0 Å². The number of carbonyl (C=O) groups is 1. The van der Waals surface area contributed by atoms with E-state index in [9.17, 15) is 9.90 Å². The highest BCUT2D eigenvalue weighted by Crippen LogP contribution is 2.13. The highest BCUT2D eigenvalue weighted by atomic mass is 16.4. The topological polar surface area (TPSA) is 73.1 Å². The van der Waals surface area contributed by atoms with Gasteiger partial charge in [-0.3, -0.25) is 9.79 Å². The molecule has 1 heterocycles. The van der Waals surface area contributed by atoms with Crippen LogP contribution < -0.4 is 0 Å². The molecule has 0 spiro atoms. The summed E-state index contributed by atoms with van der Waals surface area (Å²) in [6, 6.07) is -0.293. The lowest BCUT2D eigenvalue weighted by atomic mass is 10.1. The van der Waals surface area contributed by atoms with Crippen LogP contribution in [0.2, 0.25) is 0 Å². The van der Waals surface area contributed by atoms with E-state index in [2.05, 4.69) is 11.6 Å². The number of aliphatic hydroxyl groups excluding tert-OH is 1. The summed E-state index contributed by atoms with van der Waals surface area (Å²) in [4.78, 5) is 16.6. The quantitative estimate of drug-likeness (QED) is 0.634. The first kappa shape index (κ1) is 11.7. The number of amidine groups is 1. The van der Waals surface area contributed by atoms with Gasteiger partial charge in [0.05, 0.1) is 19.0 Å². The van der Waals surface area contributed by atoms with Crippen LogP contribution in [0.5, 0.6) is 0 Å². The van der Waals surface area contributed by atoms with Crippen molar-refractivity contribution < 1.29 is 15.0 Å². The monoisotopic (exact) mass is 212 g/mol. The van der Waals surface area contributed by atoms with Gasteiger partial charge < -0.3 is 15.1 Å². The molecule has 0 aromatic carbocycles. The predicted octanol–water partition coefficient (Wildman–Crippen LogP) is 0.111. The Morgan fingerprint density at radius 3 is 2.93 bits per heavy atom. The average molecular weight is 212 g/mol. The summed E-state index contributed by atoms with van der Waals surface area (Å²) in [5, 5.41) is 18.2. The third kappa shape index (κ3) is 2.79. The van der Waals surface area contributed by atoms with Gasteiger partial charge in [0.15, 0.2) is 0 Å². The minimum atomic E-state index is -0.878. The number of carboxylic acid groups (broad SMARTS) is 1. The van der Waals surface area contributed by atoms with E-state index < -0.39 is 12.1 Å². The Bertz CT molecular complexity index is 286. The second-order valence-corrected chi connectivity index (χ2v) is 3.51. The normalized spacial score (nSPS) is 19.6. The summed E-state index contributed by atoms with van der Waals surface area (Å²) in [5.74, 6) is -0.321. The van der Waals surface area contributed by atoms with Crippen LogP contribution in [0.4, 0.5) is 0 Å². The summed E-state index contributed by atoms with van der Waals surface area (Å²) in [7, 11) is 0. The molecule has 1 rings (SSSR count). The summed E-state index contributed by atoms with van der Waals surface area (Å²) < 4.78 is 0. The SMILES string of the molecule is C=CC(CC(=O)O)N1CCN=C1C(C)O. The van der Waals surface area contributed by atoms with Crippen molar-refractivity contribution in [2.75, 3.05) is 13.1 Å². The lowest BCUT2D eigenvalue weighted by Crippen LogP contribution is -2.42. The number of hydrogen-bond acceptors (Lipinski definition) is 4. The van der Waals surface area contributed by atoms with E-state index in [1.807, 2.05) is 0 Å². The Kier molecular flexibility index (Phi) is 3.85. The molecule has 84 valence electrons. The Morgan fingerprint density at radius 2 is 2.47 bits per heavy atom. The van der Waals surface area contributed by atoms with E-state index in [0.29, 0.717) is 18.9 Å². The van der Waals surface area contributed by atoms with Crippen molar-refractivity contribution in [2.45, 2.75) is 25.5 Å². The first-order valence-electron chi connectivity index (χ1n) is 4.89. The largest absolute Gasteiger partial charge is 0.481 e. The Balaban J connectivity index is 2.72. The zero-order valence-electron chi connectivity index (χ0n) is 8.76. The van der Waals surface area contributed by atoms with Crippen molar-refractivity contribution >= 4 is 11.8 Å². The number of aliphatic imine (C=N–C) groups is 1. The molecule has 2 N–H and O–H groups in total. The summed E-state index contributed by atoms with van der Waals surface area (Å²) in [5.41, 5.74) is 0. The zero-order valence-corrected chi connectivity index (χ0v) is 8.76. The van der Waals surface area contributed by atoms with Crippen LogP contribution in [0.15, 0.2) is 17.6 Å². The molecule has 0 aliphatic carbocycles. The molecule has 0 aromatic heterocycles. The van der Waals surface area contributed by atoms with E-state index in [-0.39, 0.29) is 12.5 Å². The summed E-state index contributed by atoms with van der Waals surface area (Å²) in [6.45, 7) is 6.48. The number of aliphatic carboxylic acids is 1. The predicted molar refractivity (Wildman–Crippen MR) is 56.9 cm³/mol. The van der Waals surface area contributed by atoms with E-state index in [1.54, 1.807) is 17.9 Å². The van der Waals surface area contributed by atoms with Gasteiger partial charge in [-0.05, 0) is 6.92 Å². The van der Waals surface area contributed by atoms with Gasteiger partial charge in [0.1, 0.15) is 11.9 Å². The maximum atomic E-state index is 10.6. The lowest BCUT2D eigenvalue weighted by molar-refractivity contribution is -0.137. The number of carboxylic acids is 1. The van der Waals surface area contributed by atoms with Gasteiger partial charge in [0.25, 0.3) is 0 Å². The lowest BCUT2D eigenvalue weighted by Gasteiger charge is -2.28. The second-order valence-electron chi connectivity index (χ2n) is 3.51. The van der Waals surface area contributed by atoms with Crippen LogP contribution in [-0.4, -0.2) is 52.2 Å². The van der Waals surface area contributed by atoms with E-state index >= 15 is 0 Å². The highest BCUT2D eigenvalue weighted by molar-refractivity contribution is 5.88. The van der Waals surface area contributed by atoms with Crippen LogP contribution in [-0.2, 0) is 4.79 Å². The van der Waals surface area contributed by atoms with Crippen LogP contribution in [0.3, 0.4) is 0 Å². The molecule has 0 fully saturated rings. The third-order valence-electron chi connectivity index (χ3n) is 2.34. The van der Waals surface area contributed by atoms with Crippen molar-refractivity contribution in [2.24, 2.45) is 4.99 Å². The van der Waals surface area contributed by atoms with Crippen LogP contribution >= 0.6 is 0 Å². The first-order valence-corrected chi connectivity index (χ1v) is 4.89. The van der Waals surface area contributed by atoms with E-state index in [1.165, 1.54) is 0 Å². The van der Waals surface area contributed by atoms with Gasteiger partial charge in [-0.15, -0.1) is 6.58 Å². The van der Waals surface area contributed by atoms with Crippen molar-refractivity contribution in [3.05, 3.63) is 12.7 Å². The molecule has 2 unspecified atom stereocenters. The third-order valence-corrected chi connectivity index (χ3v) is 2.34. The fourth-order valence-corrected chi connectivity index (χ4v) is 1.69. The van der Waals surface area contributed by atoms with Gasteiger partial charge >= 0.3 is 5.97 Å². The molecule has 1 aliphatic rings. The number of nitrogens with zero attached hydrogens (tertiary/aromatic N) is 2. The van der Waals surface area contributed by atoms with Gasteiger partial charge in [-0.1, -0.05) is 6.08 Å². The number of hydrogen-bond donors (Lipinski definition) is 2. The van der Waals surface area contributed by atoms with Crippen molar-refractivity contribution in [1.82, 2.24) is 4.90 Å². The molecule has 0 bridgehead atoms. The van der Waals surface area contributed by atoms with E-state index in [0.717, 1.165) is 0 Å². The maximum absolute atomic E-state index is 10.6. The van der Waals surface area contributed by atoms with Crippen LogP contribution in [0, 0.1) is 0 Å². The van der Waals surface area contributed by atoms with Crippen molar-refractivity contribution in [1.29, 1.82) is 0 Å². The maximum Gasteiger partial charge on any atom is 0.305 e. The zero-order chi connectivity index (χ0) is 11.4. The molecular weight excluding hydrogens is 196 g/mol. The molecule has 0 aromatic rings. The minimum Gasteiger partial charge on any atom is -0.481 e. The smallest absolute Gasteiger partial charge is 0.305 e. The van der Waals surface area contributed by atoms with Crippen LogP contribution in [0.25, 0.3) is 0 Å². The first-order chi connectivity index (χ1) is 7.06. The number of rotatable bonds is 5. The molecule has 2 atom stereocenters. The molecule has 5 nitrogen and oxygen atoms in total. The standard InChI is InChI=1S/C10H16N2O3/c1-3-8(6-9(14)15)12-5-4-11-10(12)7(2)13/h3,7-8,13H,1,4-6H2,2H3,(H,14,15). The molecule has 1 aliphatic heterocycles. The molecular formula is C10H16N2O3. The summed E-state index contributed by atoms with van der Waals surface area (Å²) in [6.07, 6.45) is 0.899. The fraction of sp³-hybridized carbons (Fsp3) is 0.600. The molecule has 15 heavy (non-hydrogen) atoms. The molecule has 0 saturated heterocycles. The average Bonchev–Trinajstić information content (AvgIpc) is 2.62. The Morgan fingerprint density at radius 1 is 1.80 bits per heavy atom. The van der Waals surface area contributed by atoms with Crippen LogP contribution in [0.1, 0.15) is 13.3 Å². The van der Waals surface area contributed by atoms with Gasteiger partial charge in [-0.2, -0.15) is 0 Å². The number of aliphatic hydroxyl groups is 1. The fourth-order valence-electron chi connectivity index (χ4n) is 1.69. The van der Waals surface area contributed by atoms with Crippen molar-refractivity contribution in [3.8, 4) is 0 Å². The van der Waals surface area contributed by atoms with Gasteiger partial charge in [0, 0.05) is 6.54 Å². The summed E-state index contributed by atoms with van der Waals surface area (Å²) >= 11 is 0. The second kappa shape index (κ2) is 4.93. The minimum absolute atomic E-state index is 0.0186. The Hall–Kier alpha value is -1.36. The van der Waals surface area contributed by atoms with Gasteiger partial charge in [-0.25, -0.2) is 0 Å². The molecule has 0 saturated carbocycles. The van der Waals surface area contributed by atoms with Crippen molar-refractivity contribution in [3.63, 3.8) is 0 Å². The Labute approximate surface area is 88.7 Å². The highest BCUT2D eigenvalue weighted by Gasteiger charge is 2.27. The molecule has 5 heteroatoms. The van der Waals surface area contributed by atoms with E-state index in [4.69, 9.17) is 5.11 Å². The molecule has 0 radical (unpaired) electrons. The molecule has 0 amide bonds.